The molecule has 2 saturated heterocycles. The number of ether oxygens (including phenoxy) is 3. The van der Waals surface area contributed by atoms with Crippen LogP contribution in [0.5, 0.6) is 0 Å². The van der Waals surface area contributed by atoms with Crippen molar-refractivity contribution < 1.29 is 19.0 Å². The first-order chi connectivity index (χ1) is 8.72. The molecule has 2 fully saturated rings. The van der Waals surface area contributed by atoms with Crippen LogP contribution in [0.15, 0.2) is 0 Å². The minimum Gasteiger partial charge on any atom is -0.378 e. The maximum absolute atomic E-state index is 12.2. The van der Waals surface area contributed by atoms with E-state index < -0.39 is 0 Å². The number of carbonyl (C=O) groups is 1. The standard InChI is InChI=1S/C13H23NO4/c1-16-13(17-2)4-3-12(15)9-5-10-7-18-8-11(6-9)14-10/h9-11,13-14H,3-8H2,1-2H3. The summed E-state index contributed by atoms with van der Waals surface area (Å²) in [5, 5.41) is 3.50. The quantitative estimate of drug-likeness (QED) is 0.711. The maximum Gasteiger partial charge on any atom is 0.157 e. The van der Waals surface area contributed by atoms with Crippen molar-refractivity contribution in [1.29, 1.82) is 0 Å². The van der Waals surface area contributed by atoms with Gasteiger partial charge in [0, 0.05) is 45.1 Å². The molecule has 5 nitrogen and oxygen atoms in total. The van der Waals surface area contributed by atoms with Crippen LogP contribution in [0.1, 0.15) is 25.7 Å². The Balaban J connectivity index is 1.78. The molecule has 0 amide bonds. The van der Waals surface area contributed by atoms with Gasteiger partial charge in [-0.1, -0.05) is 0 Å². The number of morpholine rings is 1. The number of hydrogen-bond acceptors (Lipinski definition) is 5. The predicted octanol–water partition coefficient (Wildman–Crippen LogP) is 0.722. The van der Waals surface area contributed by atoms with Crippen LogP contribution in [0, 0.1) is 5.92 Å². The first kappa shape index (κ1) is 13.9. The van der Waals surface area contributed by atoms with Crippen molar-refractivity contribution >= 4 is 5.78 Å². The molecule has 2 aliphatic rings. The summed E-state index contributed by atoms with van der Waals surface area (Å²) >= 11 is 0. The molecule has 2 unspecified atom stereocenters. The van der Waals surface area contributed by atoms with E-state index in [0.717, 1.165) is 26.1 Å². The number of methoxy groups -OCH3 is 2. The summed E-state index contributed by atoms with van der Waals surface area (Å²) in [6.07, 6.45) is 2.72. The molecule has 0 saturated carbocycles. The van der Waals surface area contributed by atoms with Crippen molar-refractivity contribution in [3.8, 4) is 0 Å². The average Bonchev–Trinajstić information content (AvgIpc) is 2.39. The van der Waals surface area contributed by atoms with E-state index in [9.17, 15) is 4.79 Å². The summed E-state index contributed by atoms with van der Waals surface area (Å²) in [6, 6.07) is 0.708. The molecule has 2 bridgehead atoms. The van der Waals surface area contributed by atoms with Gasteiger partial charge >= 0.3 is 0 Å². The van der Waals surface area contributed by atoms with E-state index in [4.69, 9.17) is 14.2 Å². The topological polar surface area (TPSA) is 56.8 Å². The number of carbonyl (C=O) groups excluding carboxylic acids is 1. The molecular weight excluding hydrogens is 234 g/mol. The highest BCUT2D eigenvalue weighted by atomic mass is 16.7. The molecule has 0 aromatic carbocycles. The van der Waals surface area contributed by atoms with Gasteiger partial charge in [-0.2, -0.15) is 0 Å². The molecule has 2 heterocycles. The minimum absolute atomic E-state index is 0.180. The van der Waals surface area contributed by atoms with Crippen LogP contribution in [-0.4, -0.2) is 51.6 Å². The Morgan fingerprint density at radius 1 is 1.28 bits per heavy atom. The molecule has 1 N–H and O–H groups in total. The van der Waals surface area contributed by atoms with Crippen molar-refractivity contribution in [3.63, 3.8) is 0 Å². The van der Waals surface area contributed by atoms with Gasteiger partial charge in [0.1, 0.15) is 5.78 Å². The second-order valence-electron chi connectivity index (χ2n) is 5.17. The molecule has 0 aromatic heterocycles. The highest BCUT2D eigenvalue weighted by Crippen LogP contribution is 2.26. The number of fused-ring (bicyclic) bond motifs is 2. The first-order valence-corrected chi connectivity index (χ1v) is 6.65. The number of hydrogen-bond donors (Lipinski definition) is 1. The molecule has 2 aliphatic heterocycles. The predicted molar refractivity (Wildman–Crippen MR) is 66.3 cm³/mol. The van der Waals surface area contributed by atoms with E-state index in [1.807, 2.05) is 0 Å². The lowest BCUT2D eigenvalue weighted by atomic mass is 9.83. The number of piperidine rings is 1. The van der Waals surface area contributed by atoms with Gasteiger partial charge in [0.25, 0.3) is 0 Å². The summed E-state index contributed by atoms with van der Waals surface area (Å²) in [7, 11) is 3.20. The highest BCUT2D eigenvalue weighted by molar-refractivity contribution is 5.81. The third-order valence-corrected chi connectivity index (χ3v) is 3.86. The maximum atomic E-state index is 12.2. The molecule has 2 rings (SSSR count). The average molecular weight is 257 g/mol. The molecule has 104 valence electrons. The third-order valence-electron chi connectivity index (χ3n) is 3.86. The largest absolute Gasteiger partial charge is 0.378 e. The molecule has 0 aliphatic carbocycles. The van der Waals surface area contributed by atoms with Crippen LogP contribution in [0.2, 0.25) is 0 Å². The molecule has 0 radical (unpaired) electrons. The Morgan fingerprint density at radius 3 is 2.44 bits per heavy atom. The van der Waals surface area contributed by atoms with E-state index in [0.29, 0.717) is 30.7 Å². The number of rotatable bonds is 6. The van der Waals surface area contributed by atoms with Crippen molar-refractivity contribution in [2.75, 3.05) is 27.4 Å². The third kappa shape index (κ3) is 3.51. The Kier molecular flexibility index (Phi) is 5.12. The van der Waals surface area contributed by atoms with Crippen LogP contribution >= 0.6 is 0 Å². The number of Topliss-reactive ketones (excluding diaryl/α,β-unsaturated/α-hetero) is 1. The first-order valence-electron chi connectivity index (χ1n) is 6.65. The molecule has 0 aromatic rings. The minimum atomic E-state index is -0.265. The lowest BCUT2D eigenvalue weighted by Crippen LogP contribution is -2.55. The highest BCUT2D eigenvalue weighted by Gasteiger charge is 2.34. The van der Waals surface area contributed by atoms with Crippen molar-refractivity contribution in [2.45, 2.75) is 44.1 Å². The van der Waals surface area contributed by atoms with Gasteiger partial charge in [-0.25, -0.2) is 0 Å². The van der Waals surface area contributed by atoms with Gasteiger partial charge in [-0.15, -0.1) is 0 Å². The lowest BCUT2D eigenvalue weighted by Gasteiger charge is -2.39. The van der Waals surface area contributed by atoms with Crippen LogP contribution in [0.25, 0.3) is 0 Å². The lowest BCUT2D eigenvalue weighted by molar-refractivity contribution is -0.132. The van der Waals surface area contributed by atoms with E-state index in [1.165, 1.54) is 0 Å². The second kappa shape index (κ2) is 6.61. The van der Waals surface area contributed by atoms with Gasteiger partial charge in [0.2, 0.25) is 0 Å². The second-order valence-corrected chi connectivity index (χ2v) is 5.17. The van der Waals surface area contributed by atoms with Gasteiger partial charge in [0.05, 0.1) is 13.2 Å². The van der Waals surface area contributed by atoms with Gasteiger partial charge < -0.3 is 19.5 Å². The Hall–Kier alpha value is -0.490. The Bertz CT molecular complexity index is 268. The smallest absolute Gasteiger partial charge is 0.157 e. The number of nitrogens with one attached hydrogen (secondary N) is 1. The zero-order chi connectivity index (χ0) is 13.0. The summed E-state index contributed by atoms with van der Waals surface area (Å²) in [4.78, 5) is 12.2. The van der Waals surface area contributed by atoms with Gasteiger partial charge in [-0.05, 0) is 12.8 Å². The SMILES string of the molecule is COC(CCC(=O)C1CC2COCC(C1)N2)OC. The summed E-state index contributed by atoms with van der Waals surface area (Å²) < 4.78 is 15.7. The van der Waals surface area contributed by atoms with Crippen molar-refractivity contribution in [2.24, 2.45) is 5.92 Å². The van der Waals surface area contributed by atoms with E-state index in [-0.39, 0.29) is 12.2 Å². The summed E-state index contributed by atoms with van der Waals surface area (Å²) in [5.41, 5.74) is 0. The van der Waals surface area contributed by atoms with Gasteiger partial charge in [-0.3, -0.25) is 4.79 Å². The van der Waals surface area contributed by atoms with Crippen LogP contribution in [0.4, 0.5) is 0 Å². The number of ketones is 1. The molecule has 5 heteroatoms. The Labute approximate surface area is 108 Å². The fraction of sp³-hybridized carbons (Fsp3) is 0.923. The normalized spacial score (nSPS) is 31.6. The molecular formula is C13H23NO4. The van der Waals surface area contributed by atoms with Crippen LogP contribution < -0.4 is 5.32 Å². The fourth-order valence-electron chi connectivity index (χ4n) is 2.90. The fourth-order valence-corrected chi connectivity index (χ4v) is 2.90. The van der Waals surface area contributed by atoms with E-state index in [2.05, 4.69) is 5.32 Å². The summed E-state index contributed by atoms with van der Waals surface area (Å²) in [6.45, 7) is 1.47. The van der Waals surface area contributed by atoms with Crippen molar-refractivity contribution in [1.82, 2.24) is 5.32 Å². The van der Waals surface area contributed by atoms with Crippen molar-refractivity contribution in [3.05, 3.63) is 0 Å². The van der Waals surface area contributed by atoms with Crippen LogP contribution in [0.3, 0.4) is 0 Å². The molecule has 2 atom stereocenters. The van der Waals surface area contributed by atoms with E-state index >= 15 is 0 Å². The zero-order valence-corrected chi connectivity index (χ0v) is 11.2. The van der Waals surface area contributed by atoms with Crippen LogP contribution in [-0.2, 0) is 19.0 Å². The molecule has 0 spiro atoms. The summed E-state index contributed by atoms with van der Waals surface area (Å²) in [5.74, 6) is 0.520. The Morgan fingerprint density at radius 2 is 1.89 bits per heavy atom. The van der Waals surface area contributed by atoms with E-state index in [1.54, 1.807) is 14.2 Å². The monoisotopic (exact) mass is 257 g/mol. The zero-order valence-electron chi connectivity index (χ0n) is 11.2. The van der Waals surface area contributed by atoms with Gasteiger partial charge in [0.15, 0.2) is 6.29 Å². The molecule has 18 heavy (non-hydrogen) atoms.